The summed E-state index contributed by atoms with van der Waals surface area (Å²) >= 11 is 1.46. The van der Waals surface area contributed by atoms with E-state index in [2.05, 4.69) is 19.9 Å². The minimum absolute atomic E-state index is 0.245. The van der Waals surface area contributed by atoms with Crippen LogP contribution in [0.4, 0.5) is 0 Å². The van der Waals surface area contributed by atoms with Crippen molar-refractivity contribution in [3.05, 3.63) is 45.8 Å². The number of thioether (sulfide) groups is 1. The van der Waals surface area contributed by atoms with Crippen LogP contribution in [-0.4, -0.2) is 38.7 Å². The number of imidazole rings is 1. The van der Waals surface area contributed by atoms with E-state index in [1.165, 1.54) is 11.8 Å². The van der Waals surface area contributed by atoms with Gasteiger partial charge in [-0.25, -0.2) is 15.0 Å². The Hall–Kier alpha value is -3.27. The quantitative estimate of drug-likeness (QED) is 0.467. The molecule has 3 aromatic heterocycles. The molecular formula is C20H21N5O4S. The first kappa shape index (κ1) is 20.0. The molecule has 4 aromatic rings. The van der Waals surface area contributed by atoms with Gasteiger partial charge in [0.05, 0.1) is 25.5 Å². The van der Waals surface area contributed by atoms with Gasteiger partial charge in [-0.1, -0.05) is 17.8 Å². The molecule has 10 heteroatoms. The van der Waals surface area contributed by atoms with Crippen LogP contribution < -0.4 is 15.0 Å². The van der Waals surface area contributed by atoms with Crippen LogP contribution in [0, 0.1) is 13.8 Å². The Morgan fingerprint density at radius 3 is 2.70 bits per heavy atom. The first-order valence-electron chi connectivity index (χ1n) is 9.16. The molecule has 0 saturated heterocycles. The van der Waals surface area contributed by atoms with Gasteiger partial charge < -0.3 is 23.4 Å². The number of hydrogen-bond acceptors (Lipinski definition) is 8. The van der Waals surface area contributed by atoms with E-state index in [9.17, 15) is 4.79 Å². The molecule has 0 radical (unpaired) electrons. The molecule has 3 heterocycles. The molecule has 30 heavy (non-hydrogen) atoms. The highest BCUT2D eigenvalue weighted by Gasteiger charge is 2.19. The van der Waals surface area contributed by atoms with Crippen molar-refractivity contribution in [2.75, 3.05) is 14.2 Å². The SMILES string of the molecule is COc1cccc(-c2nc(CSc3nc4c(=O)[nH]c(C)nc4n3C)c(C)o2)c1OC. The number of aryl methyl sites for hydroxylation is 3. The van der Waals surface area contributed by atoms with Crippen molar-refractivity contribution in [2.45, 2.75) is 24.8 Å². The maximum Gasteiger partial charge on any atom is 0.279 e. The number of hydrogen-bond donors (Lipinski definition) is 1. The highest BCUT2D eigenvalue weighted by Crippen LogP contribution is 2.38. The van der Waals surface area contributed by atoms with Crippen molar-refractivity contribution >= 4 is 22.9 Å². The second-order valence-electron chi connectivity index (χ2n) is 6.63. The number of aromatic amines is 1. The molecule has 0 fully saturated rings. The lowest BCUT2D eigenvalue weighted by molar-refractivity contribution is 0.355. The standard InChI is InChI=1S/C20H21N5O4S/c1-10-13(23-19(29-10)12-7-6-8-14(27-4)16(12)28-5)9-30-20-24-15-17(25(20)3)21-11(2)22-18(15)26/h6-8H,9H2,1-5H3,(H,21,22,26). The molecule has 0 amide bonds. The summed E-state index contributed by atoms with van der Waals surface area (Å²) in [6.45, 7) is 3.61. The number of ether oxygens (including phenoxy) is 2. The third-order valence-electron chi connectivity index (χ3n) is 4.67. The van der Waals surface area contributed by atoms with Crippen LogP contribution in [0.5, 0.6) is 11.5 Å². The van der Waals surface area contributed by atoms with Crippen molar-refractivity contribution in [2.24, 2.45) is 7.05 Å². The van der Waals surface area contributed by atoms with Gasteiger partial charge in [0.1, 0.15) is 11.6 Å². The summed E-state index contributed by atoms with van der Waals surface area (Å²) in [5.74, 6) is 3.41. The summed E-state index contributed by atoms with van der Waals surface area (Å²) in [4.78, 5) is 28.3. The van der Waals surface area contributed by atoms with Crippen molar-refractivity contribution in [3.63, 3.8) is 0 Å². The van der Waals surface area contributed by atoms with Gasteiger partial charge in [0.15, 0.2) is 27.8 Å². The number of aromatic nitrogens is 5. The molecule has 9 nitrogen and oxygen atoms in total. The van der Waals surface area contributed by atoms with Gasteiger partial charge in [0.25, 0.3) is 5.56 Å². The third kappa shape index (κ3) is 3.43. The maximum absolute atomic E-state index is 12.1. The number of H-pyrrole nitrogens is 1. The molecular weight excluding hydrogens is 406 g/mol. The van der Waals surface area contributed by atoms with Gasteiger partial charge in [-0.15, -0.1) is 0 Å². The van der Waals surface area contributed by atoms with E-state index >= 15 is 0 Å². The number of nitrogens with one attached hydrogen (secondary N) is 1. The zero-order valence-corrected chi connectivity index (χ0v) is 18.1. The largest absolute Gasteiger partial charge is 0.493 e. The zero-order valence-electron chi connectivity index (χ0n) is 17.3. The molecule has 0 aliphatic carbocycles. The average molecular weight is 427 g/mol. The predicted molar refractivity (Wildman–Crippen MR) is 113 cm³/mol. The Kier molecular flexibility index (Phi) is 5.25. The fraction of sp³-hybridized carbons (Fsp3) is 0.300. The van der Waals surface area contributed by atoms with Gasteiger partial charge in [0.2, 0.25) is 5.89 Å². The molecule has 1 N–H and O–H groups in total. The molecule has 0 atom stereocenters. The van der Waals surface area contributed by atoms with Gasteiger partial charge >= 0.3 is 0 Å². The van der Waals surface area contributed by atoms with Crippen LogP contribution in [0.1, 0.15) is 17.3 Å². The molecule has 0 bridgehead atoms. The van der Waals surface area contributed by atoms with Crippen molar-refractivity contribution in [3.8, 4) is 23.0 Å². The lowest BCUT2D eigenvalue weighted by atomic mass is 10.2. The summed E-state index contributed by atoms with van der Waals surface area (Å²) in [6, 6.07) is 5.55. The smallest absolute Gasteiger partial charge is 0.279 e. The van der Waals surface area contributed by atoms with Crippen LogP contribution >= 0.6 is 11.8 Å². The Bertz CT molecular complexity index is 1290. The Balaban J connectivity index is 1.63. The summed E-state index contributed by atoms with van der Waals surface area (Å²) in [5.41, 5.74) is 2.13. The second kappa shape index (κ2) is 7.86. The number of oxazole rings is 1. The summed E-state index contributed by atoms with van der Waals surface area (Å²) in [7, 11) is 5.01. The van der Waals surface area contributed by atoms with Crippen molar-refractivity contribution in [1.29, 1.82) is 0 Å². The number of para-hydroxylation sites is 1. The fourth-order valence-electron chi connectivity index (χ4n) is 3.16. The lowest BCUT2D eigenvalue weighted by Crippen LogP contribution is -2.10. The van der Waals surface area contributed by atoms with Crippen molar-refractivity contribution in [1.82, 2.24) is 24.5 Å². The van der Waals surface area contributed by atoms with E-state index in [1.54, 1.807) is 21.1 Å². The monoisotopic (exact) mass is 427 g/mol. The summed E-state index contributed by atoms with van der Waals surface area (Å²) < 4.78 is 18.6. The first-order valence-corrected chi connectivity index (χ1v) is 10.1. The highest BCUT2D eigenvalue weighted by atomic mass is 32.2. The van der Waals surface area contributed by atoms with Gasteiger partial charge in [-0.2, -0.15) is 0 Å². The van der Waals surface area contributed by atoms with E-state index in [-0.39, 0.29) is 5.56 Å². The molecule has 4 rings (SSSR count). The molecule has 1 aromatic carbocycles. The van der Waals surface area contributed by atoms with E-state index < -0.39 is 0 Å². The van der Waals surface area contributed by atoms with E-state index in [0.29, 0.717) is 56.6 Å². The Labute approximate surface area is 176 Å². The minimum Gasteiger partial charge on any atom is -0.493 e. The maximum atomic E-state index is 12.1. The number of fused-ring (bicyclic) bond motifs is 1. The second-order valence-corrected chi connectivity index (χ2v) is 7.57. The van der Waals surface area contributed by atoms with Gasteiger partial charge in [0, 0.05) is 12.8 Å². The lowest BCUT2D eigenvalue weighted by Gasteiger charge is -2.09. The average Bonchev–Trinajstić information content (AvgIpc) is 3.26. The topological polar surface area (TPSA) is 108 Å². The molecule has 0 aliphatic heterocycles. The van der Waals surface area contributed by atoms with Crippen LogP contribution in [0.25, 0.3) is 22.6 Å². The molecule has 0 spiro atoms. The van der Waals surface area contributed by atoms with E-state index in [4.69, 9.17) is 13.9 Å². The summed E-state index contributed by atoms with van der Waals surface area (Å²) in [6.07, 6.45) is 0. The van der Waals surface area contributed by atoms with Crippen LogP contribution in [0.2, 0.25) is 0 Å². The van der Waals surface area contributed by atoms with Crippen LogP contribution in [-0.2, 0) is 12.8 Å². The number of nitrogens with zero attached hydrogens (tertiary/aromatic N) is 4. The highest BCUT2D eigenvalue weighted by molar-refractivity contribution is 7.98. The molecule has 156 valence electrons. The van der Waals surface area contributed by atoms with Gasteiger partial charge in [-0.05, 0) is 26.0 Å². The molecule has 0 unspecified atom stereocenters. The molecule has 0 saturated carbocycles. The van der Waals surface area contributed by atoms with E-state index in [1.807, 2.05) is 36.7 Å². The van der Waals surface area contributed by atoms with E-state index in [0.717, 1.165) is 5.69 Å². The predicted octanol–water partition coefficient (Wildman–Crippen LogP) is 3.24. The number of rotatable bonds is 6. The van der Waals surface area contributed by atoms with Crippen LogP contribution in [0.3, 0.4) is 0 Å². The van der Waals surface area contributed by atoms with Crippen molar-refractivity contribution < 1.29 is 13.9 Å². The number of methoxy groups -OCH3 is 2. The zero-order chi connectivity index (χ0) is 21.4. The number of benzene rings is 1. The Morgan fingerprint density at radius 1 is 1.17 bits per heavy atom. The minimum atomic E-state index is -0.245. The Morgan fingerprint density at radius 2 is 1.97 bits per heavy atom. The fourth-order valence-corrected chi connectivity index (χ4v) is 4.12. The molecule has 0 aliphatic rings. The van der Waals surface area contributed by atoms with Gasteiger partial charge in [-0.3, -0.25) is 4.79 Å². The summed E-state index contributed by atoms with van der Waals surface area (Å²) in [5, 5.41) is 0.677. The van der Waals surface area contributed by atoms with Crippen LogP contribution in [0.15, 0.2) is 32.6 Å². The first-order chi connectivity index (χ1) is 14.4. The third-order valence-corrected chi connectivity index (χ3v) is 5.71. The normalized spacial score (nSPS) is 11.2.